The first-order valence-electron chi connectivity index (χ1n) is 5.49. The number of thioether (sulfide) groups is 1. The van der Waals surface area contributed by atoms with Gasteiger partial charge < -0.3 is 9.52 Å². The first-order chi connectivity index (χ1) is 8.70. The summed E-state index contributed by atoms with van der Waals surface area (Å²) >= 11 is 1.07. The van der Waals surface area contributed by atoms with Gasteiger partial charge in [-0.3, -0.25) is 4.79 Å². The molecule has 6 heteroatoms. The quantitative estimate of drug-likeness (QED) is 0.837. The lowest BCUT2D eigenvalue weighted by Gasteiger charge is -2.04. The van der Waals surface area contributed by atoms with Crippen LogP contribution in [0.25, 0.3) is 11.5 Å². The van der Waals surface area contributed by atoms with Gasteiger partial charge in [0.1, 0.15) is 5.25 Å². The van der Waals surface area contributed by atoms with E-state index in [1.807, 2.05) is 30.3 Å². The van der Waals surface area contributed by atoms with Gasteiger partial charge >= 0.3 is 5.97 Å². The maximum Gasteiger partial charge on any atom is 0.317 e. The summed E-state index contributed by atoms with van der Waals surface area (Å²) in [5.74, 6) is -0.472. The average Bonchev–Trinajstić information content (AvgIpc) is 2.85. The van der Waals surface area contributed by atoms with E-state index >= 15 is 0 Å². The van der Waals surface area contributed by atoms with Crippen LogP contribution >= 0.6 is 11.8 Å². The second-order valence-electron chi connectivity index (χ2n) is 3.59. The zero-order chi connectivity index (χ0) is 13.0. The first-order valence-corrected chi connectivity index (χ1v) is 6.37. The number of hydrogen-bond acceptors (Lipinski definition) is 5. The molecule has 1 aromatic carbocycles. The van der Waals surface area contributed by atoms with Crippen LogP contribution in [0, 0.1) is 0 Å². The Kier molecular flexibility index (Phi) is 3.99. The highest BCUT2D eigenvalue weighted by atomic mass is 32.2. The number of carboxylic acid groups (broad SMARTS) is 1. The SMILES string of the molecule is CCC(Sc1nnc(-c2ccccc2)o1)C(=O)O. The summed E-state index contributed by atoms with van der Waals surface area (Å²) in [4.78, 5) is 10.9. The van der Waals surface area contributed by atoms with Crippen LogP contribution in [0.3, 0.4) is 0 Å². The molecule has 0 aliphatic heterocycles. The van der Waals surface area contributed by atoms with Crippen molar-refractivity contribution in [3.8, 4) is 11.5 Å². The summed E-state index contributed by atoms with van der Waals surface area (Å²) < 4.78 is 5.43. The van der Waals surface area contributed by atoms with Crippen LogP contribution in [-0.4, -0.2) is 26.5 Å². The Morgan fingerprint density at radius 1 is 1.39 bits per heavy atom. The van der Waals surface area contributed by atoms with Crippen molar-refractivity contribution in [2.75, 3.05) is 0 Å². The summed E-state index contributed by atoms with van der Waals surface area (Å²) in [7, 11) is 0. The molecule has 1 aromatic heterocycles. The molecular weight excluding hydrogens is 252 g/mol. The van der Waals surface area contributed by atoms with Crippen LogP contribution in [0.4, 0.5) is 0 Å². The molecule has 0 spiro atoms. The van der Waals surface area contributed by atoms with E-state index < -0.39 is 11.2 Å². The molecule has 0 amide bonds. The molecule has 5 nitrogen and oxygen atoms in total. The molecule has 1 atom stereocenters. The molecular formula is C12H12N2O3S. The predicted octanol–water partition coefficient (Wildman–Crippen LogP) is 2.69. The van der Waals surface area contributed by atoms with Gasteiger partial charge in [-0.1, -0.05) is 36.9 Å². The second kappa shape index (κ2) is 5.68. The predicted molar refractivity (Wildman–Crippen MR) is 67.3 cm³/mol. The minimum Gasteiger partial charge on any atom is -0.480 e. The molecule has 0 aliphatic rings. The van der Waals surface area contributed by atoms with Crippen LogP contribution < -0.4 is 0 Å². The Labute approximate surface area is 108 Å². The van der Waals surface area contributed by atoms with Crippen molar-refractivity contribution < 1.29 is 14.3 Å². The van der Waals surface area contributed by atoms with Gasteiger partial charge in [0.2, 0.25) is 5.89 Å². The topological polar surface area (TPSA) is 76.2 Å². The van der Waals surface area contributed by atoms with E-state index in [9.17, 15) is 4.79 Å². The number of carbonyl (C=O) groups is 1. The largest absolute Gasteiger partial charge is 0.480 e. The maximum atomic E-state index is 10.9. The van der Waals surface area contributed by atoms with Crippen LogP contribution in [0.1, 0.15) is 13.3 Å². The lowest BCUT2D eigenvalue weighted by atomic mass is 10.2. The number of aliphatic carboxylic acids is 1. The lowest BCUT2D eigenvalue weighted by molar-refractivity contribution is -0.136. The van der Waals surface area contributed by atoms with Crippen LogP contribution in [0.15, 0.2) is 40.0 Å². The minimum absolute atomic E-state index is 0.281. The molecule has 0 saturated heterocycles. The average molecular weight is 264 g/mol. The van der Waals surface area contributed by atoms with Crippen molar-refractivity contribution in [1.29, 1.82) is 0 Å². The number of aromatic nitrogens is 2. The van der Waals surface area contributed by atoms with Crippen molar-refractivity contribution in [2.24, 2.45) is 0 Å². The van der Waals surface area contributed by atoms with Gasteiger partial charge in [-0.2, -0.15) is 0 Å². The summed E-state index contributed by atoms with van der Waals surface area (Å²) in [6, 6.07) is 9.36. The van der Waals surface area contributed by atoms with Crippen molar-refractivity contribution >= 4 is 17.7 Å². The Balaban J connectivity index is 2.14. The maximum absolute atomic E-state index is 10.9. The van der Waals surface area contributed by atoms with Crippen LogP contribution in [0.2, 0.25) is 0 Å². The fourth-order valence-electron chi connectivity index (χ4n) is 1.38. The fraction of sp³-hybridized carbons (Fsp3) is 0.250. The summed E-state index contributed by atoms with van der Waals surface area (Å²) in [6.45, 7) is 1.81. The third-order valence-electron chi connectivity index (χ3n) is 2.32. The van der Waals surface area contributed by atoms with E-state index in [1.165, 1.54) is 0 Å². The van der Waals surface area contributed by atoms with E-state index in [0.717, 1.165) is 17.3 Å². The second-order valence-corrected chi connectivity index (χ2v) is 4.75. The van der Waals surface area contributed by atoms with Crippen molar-refractivity contribution in [3.05, 3.63) is 30.3 Å². The Morgan fingerprint density at radius 3 is 2.72 bits per heavy atom. The van der Waals surface area contributed by atoms with E-state index in [-0.39, 0.29) is 5.22 Å². The van der Waals surface area contributed by atoms with E-state index in [2.05, 4.69) is 10.2 Å². The van der Waals surface area contributed by atoms with Gasteiger partial charge in [-0.05, 0) is 18.6 Å². The molecule has 2 rings (SSSR count). The van der Waals surface area contributed by atoms with Crippen molar-refractivity contribution in [1.82, 2.24) is 10.2 Å². The van der Waals surface area contributed by atoms with E-state index in [4.69, 9.17) is 9.52 Å². The molecule has 94 valence electrons. The normalized spacial score (nSPS) is 12.3. The Bertz CT molecular complexity index is 527. The summed E-state index contributed by atoms with van der Waals surface area (Å²) in [5.41, 5.74) is 0.820. The smallest absolute Gasteiger partial charge is 0.317 e. The summed E-state index contributed by atoms with van der Waals surface area (Å²) in [5, 5.41) is 16.4. The number of rotatable bonds is 5. The zero-order valence-corrected chi connectivity index (χ0v) is 10.6. The van der Waals surface area contributed by atoms with Gasteiger partial charge in [0.15, 0.2) is 0 Å². The highest BCUT2D eigenvalue weighted by molar-refractivity contribution is 8.00. The monoisotopic (exact) mass is 264 g/mol. The molecule has 2 aromatic rings. The standard InChI is InChI=1S/C12H12N2O3S/c1-2-9(11(15)16)18-12-14-13-10(17-12)8-6-4-3-5-7-8/h3-7,9H,2H2,1H3,(H,15,16). The fourth-order valence-corrected chi connectivity index (χ4v) is 2.11. The first kappa shape index (κ1) is 12.6. The van der Waals surface area contributed by atoms with Gasteiger partial charge in [-0.15, -0.1) is 10.2 Å². The molecule has 18 heavy (non-hydrogen) atoms. The minimum atomic E-state index is -0.873. The van der Waals surface area contributed by atoms with Gasteiger partial charge in [0.25, 0.3) is 5.22 Å². The summed E-state index contributed by atoms with van der Waals surface area (Å²) in [6.07, 6.45) is 0.503. The van der Waals surface area contributed by atoms with Crippen LogP contribution in [-0.2, 0) is 4.79 Å². The lowest BCUT2D eigenvalue weighted by Crippen LogP contribution is -2.14. The third kappa shape index (κ3) is 2.89. The molecule has 0 bridgehead atoms. The zero-order valence-electron chi connectivity index (χ0n) is 9.74. The molecule has 1 heterocycles. The van der Waals surface area contributed by atoms with Gasteiger partial charge in [0, 0.05) is 5.56 Å². The highest BCUT2D eigenvalue weighted by Gasteiger charge is 2.20. The molecule has 0 fully saturated rings. The Hall–Kier alpha value is -1.82. The number of hydrogen-bond donors (Lipinski definition) is 1. The van der Waals surface area contributed by atoms with Crippen LogP contribution in [0.5, 0.6) is 0 Å². The number of carboxylic acids is 1. The van der Waals surface area contributed by atoms with E-state index in [0.29, 0.717) is 12.3 Å². The Morgan fingerprint density at radius 2 is 2.11 bits per heavy atom. The molecule has 0 aliphatic carbocycles. The molecule has 1 unspecified atom stereocenters. The van der Waals surface area contributed by atoms with Crippen molar-refractivity contribution in [3.63, 3.8) is 0 Å². The highest BCUT2D eigenvalue weighted by Crippen LogP contribution is 2.27. The molecule has 1 N–H and O–H groups in total. The molecule has 0 saturated carbocycles. The van der Waals surface area contributed by atoms with Gasteiger partial charge in [-0.25, -0.2) is 0 Å². The number of nitrogens with zero attached hydrogens (tertiary/aromatic N) is 2. The molecule has 0 radical (unpaired) electrons. The number of benzene rings is 1. The third-order valence-corrected chi connectivity index (χ3v) is 3.50. The van der Waals surface area contributed by atoms with E-state index in [1.54, 1.807) is 6.92 Å². The van der Waals surface area contributed by atoms with Crippen molar-refractivity contribution in [2.45, 2.75) is 23.8 Å². The van der Waals surface area contributed by atoms with Gasteiger partial charge in [0.05, 0.1) is 0 Å².